The van der Waals surface area contributed by atoms with Crippen molar-refractivity contribution in [3.63, 3.8) is 0 Å². The number of hydrogen-bond donors (Lipinski definition) is 1. The van der Waals surface area contributed by atoms with Crippen molar-refractivity contribution < 1.29 is 40.9 Å². The van der Waals surface area contributed by atoms with Gasteiger partial charge in [0.2, 0.25) is 10.0 Å². The molecule has 5 rings (SSSR count). The van der Waals surface area contributed by atoms with Crippen LogP contribution in [-0.2, 0) is 14.8 Å². The predicted octanol–water partition coefficient (Wildman–Crippen LogP) is 6.80. The van der Waals surface area contributed by atoms with Gasteiger partial charge < -0.3 is 29.2 Å². The highest BCUT2D eigenvalue weighted by atomic mass is 35.5. The van der Waals surface area contributed by atoms with E-state index in [0.29, 0.717) is 46.8 Å². The Kier molecular flexibility index (Phi) is 12.6. The largest absolute Gasteiger partial charge is 0.495 e. The Hall–Kier alpha value is -3.26. The van der Waals surface area contributed by atoms with Gasteiger partial charge in [-0.05, 0) is 86.2 Å². The summed E-state index contributed by atoms with van der Waals surface area (Å²) in [5.41, 5.74) is 1.23. The molecule has 1 aliphatic carbocycles. The quantitative estimate of drug-likeness (QED) is 0.186. The van der Waals surface area contributed by atoms with Gasteiger partial charge in [0, 0.05) is 30.7 Å². The first kappa shape index (κ1) is 37.0. The third kappa shape index (κ3) is 10.1. The van der Waals surface area contributed by atoms with Crippen molar-refractivity contribution in [3.05, 3.63) is 69.4 Å². The number of piperidine rings is 1. The lowest BCUT2D eigenvalue weighted by Crippen LogP contribution is -2.40. The third-order valence-electron chi connectivity index (χ3n) is 8.62. The molecular formula is C34H41Cl2F2N3O7S. The van der Waals surface area contributed by atoms with E-state index in [0.717, 1.165) is 51.4 Å². The summed E-state index contributed by atoms with van der Waals surface area (Å²) >= 11 is 13.0. The molecule has 3 aliphatic rings. The highest BCUT2D eigenvalue weighted by molar-refractivity contribution is 7.92. The molecule has 0 amide bonds. The van der Waals surface area contributed by atoms with Crippen LogP contribution in [-0.4, -0.2) is 78.6 Å². The molecule has 1 N–H and O–H groups in total. The number of rotatable bonds is 16. The summed E-state index contributed by atoms with van der Waals surface area (Å²) in [4.78, 5) is 16.1. The van der Waals surface area contributed by atoms with Crippen molar-refractivity contribution in [2.75, 3.05) is 57.0 Å². The van der Waals surface area contributed by atoms with Gasteiger partial charge in [0.05, 0.1) is 42.8 Å². The van der Waals surface area contributed by atoms with Crippen LogP contribution < -0.4 is 23.8 Å². The molecular weight excluding hydrogens is 703 g/mol. The number of methoxy groups -OCH3 is 1. The van der Waals surface area contributed by atoms with Crippen LogP contribution in [0.3, 0.4) is 0 Å². The zero-order chi connectivity index (χ0) is 35.1. The van der Waals surface area contributed by atoms with Crippen molar-refractivity contribution in [3.8, 4) is 17.2 Å². The van der Waals surface area contributed by atoms with Crippen LogP contribution in [0, 0.1) is 5.92 Å². The minimum absolute atomic E-state index is 0.0486. The minimum atomic E-state index is -3.77. The first-order valence-electron chi connectivity index (χ1n) is 16.2. The fraction of sp³-hybridized carbons (Fsp3) is 0.500. The molecule has 10 nitrogen and oxygen atoms in total. The smallest absolute Gasteiger partial charge is 0.387 e. The lowest BCUT2D eigenvalue weighted by Gasteiger charge is -2.30. The summed E-state index contributed by atoms with van der Waals surface area (Å²) in [5.74, 6) is -0.228. The number of esters is 1. The van der Waals surface area contributed by atoms with Crippen molar-refractivity contribution in [2.45, 2.75) is 51.2 Å². The van der Waals surface area contributed by atoms with Gasteiger partial charge in [0.25, 0.3) is 0 Å². The second-order valence-corrected chi connectivity index (χ2v) is 15.1. The average Bonchev–Trinajstić information content (AvgIpc) is 3.90. The second kappa shape index (κ2) is 16.6. The molecule has 0 bridgehead atoms. The number of anilines is 1. The molecule has 0 spiro atoms. The van der Waals surface area contributed by atoms with Gasteiger partial charge >= 0.3 is 12.6 Å². The Labute approximate surface area is 296 Å². The first-order chi connectivity index (χ1) is 23.4. The van der Waals surface area contributed by atoms with Crippen LogP contribution in [0.1, 0.15) is 60.6 Å². The Bertz CT molecular complexity index is 1660. The van der Waals surface area contributed by atoms with Crippen molar-refractivity contribution >= 4 is 44.9 Å². The normalized spacial score (nSPS) is 17.7. The number of nitrogens with zero attached hydrogens (tertiary/aromatic N) is 2. The molecule has 49 heavy (non-hydrogen) atoms. The Morgan fingerprint density at radius 1 is 1.06 bits per heavy atom. The van der Waals surface area contributed by atoms with Gasteiger partial charge in [-0.3, -0.25) is 4.31 Å². The number of alkyl halides is 2. The summed E-state index contributed by atoms with van der Waals surface area (Å²) in [5, 5.41) is 3.71. The van der Waals surface area contributed by atoms with Gasteiger partial charge in [-0.25, -0.2) is 13.2 Å². The van der Waals surface area contributed by atoms with E-state index in [9.17, 15) is 22.0 Å². The minimum Gasteiger partial charge on any atom is -0.495 e. The van der Waals surface area contributed by atoms with E-state index in [-0.39, 0.29) is 41.5 Å². The Morgan fingerprint density at radius 3 is 2.45 bits per heavy atom. The Morgan fingerprint density at radius 2 is 1.80 bits per heavy atom. The summed E-state index contributed by atoms with van der Waals surface area (Å²) in [6.45, 7) is 0.0304. The van der Waals surface area contributed by atoms with Gasteiger partial charge in [-0.15, -0.1) is 0 Å². The monoisotopic (exact) mass is 743 g/mol. The van der Waals surface area contributed by atoms with Gasteiger partial charge in [0.15, 0.2) is 11.5 Å². The summed E-state index contributed by atoms with van der Waals surface area (Å²) in [6.07, 6.45) is 6.97. The lowest BCUT2D eigenvalue weighted by molar-refractivity contribution is -0.0515. The molecule has 1 saturated carbocycles. The zero-order valence-electron chi connectivity index (χ0n) is 27.4. The van der Waals surface area contributed by atoms with Gasteiger partial charge in [0.1, 0.15) is 11.9 Å². The Balaban J connectivity index is 1.46. The lowest BCUT2D eigenvalue weighted by atomic mass is 9.99. The number of likely N-dealkylation sites (tertiary alicyclic amines) is 1. The van der Waals surface area contributed by atoms with E-state index in [1.165, 1.54) is 47.8 Å². The van der Waals surface area contributed by atoms with Crippen LogP contribution >= 0.6 is 23.2 Å². The number of dihydropyridines is 1. The van der Waals surface area contributed by atoms with E-state index in [1.807, 2.05) is 0 Å². The number of sulfonamides is 1. The highest BCUT2D eigenvalue weighted by Gasteiger charge is 2.29. The fourth-order valence-corrected chi connectivity index (χ4v) is 7.27. The highest BCUT2D eigenvalue weighted by Crippen LogP contribution is 2.40. The topological polar surface area (TPSA) is 107 Å². The molecule has 0 aromatic heterocycles. The van der Waals surface area contributed by atoms with Crippen LogP contribution in [0.4, 0.5) is 14.5 Å². The summed E-state index contributed by atoms with van der Waals surface area (Å²) < 4.78 is 76.0. The van der Waals surface area contributed by atoms with Crippen molar-refractivity contribution in [1.82, 2.24) is 10.2 Å². The summed E-state index contributed by atoms with van der Waals surface area (Å²) in [6, 6.07) is 8.81. The van der Waals surface area contributed by atoms with Crippen LogP contribution in [0.2, 0.25) is 0 Å². The number of benzene rings is 2. The van der Waals surface area contributed by atoms with Crippen LogP contribution in [0.15, 0.2) is 58.2 Å². The van der Waals surface area contributed by atoms with E-state index < -0.39 is 28.7 Å². The van der Waals surface area contributed by atoms with Crippen molar-refractivity contribution in [1.29, 1.82) is 0 Å². The molecule has 2 fully saturated rings. The van der Waals surface area contributed by atoms with Crippen molar-refractivity contribution in [2.24, 2.45) is 5.92 Å². The average molecular weight is 745 g/mol. The number of allylic oxidation sites excluding steroid dienone is 1. The number of carbonyl (C=O) groups is 1. The molecule has 1 atom stereocenters. The maximum Gasteiger partial charge on any atom is 0.387 e. The SMILES string of the molecule is COc1ccc(C(=O)O[C@@H](CC2=C(Cl)CNC=C2Cl)c2ccc(OC(F)F)c(OCC3CC3)c2)cc1N(CCN1CCCCC1)S(C)(=O)=O. The van der Waals surface area contributed by atoms with E-state index in [2.05, 4.69) is 10.2 Å². The fourth-order valence-electron chi connectivity index (χ4n) is 5.79. The molecule has 0 radical (unpaired) electrons. The zero-order valence-corrected chi connectivity index (χ0v) is 29.8. The number of hydrogen-bond acceptors (Lipinski definition) is 9. The van der Waals surface area contributed by atoms with E-state index in [1.54, 1.807) is 6.20 Å². The standard InChI is InChI=1S/C34H41Cl2F2N3O7S/c1-45-29-10-9-24(16-28(29)41(49(2,43)44)15-14-40-12-4-3-5-13-40)33(42)47-31(18-25-26(35)19-39-20-27(25)36)23-8-11-30(48-34(37)38)32(17-23)46-21-22-6-7-22/h8-11,16-17,19,22,31,34,39H,3-7,12-15,18,20-21H2,1-2H3/t31-/m0/s1. The predicted molar refractivity (Wildman–Crippen MR) is 184 cm³/mol. The molecule has 1 saturated heterocycles. The maximum atomic E-state index is 13.9. The second-order valence-electron chi connectivity index (χ2n) is 12.3. The molecule has 0 unspecified atom stereocenters. The summed E-state index contributed by atoms with van der Waals surface area (Å²) in [7, 11) is -2.34. The first-order valence-corrected chi connectivity index (χ1v) is 18.8. The molecule has 2 heterocycles. The van der Waals surface area contributed by atoms with Gasteiger partial charge in [-0.1, -0.05) is 35.7 Å². The molecule has 268 valence electrons. The molecule has 2 aromatic carbocycles. The van der Waals surface area contributed by atoms with E-state index in [4.69, 9.17) is 42.1 Å². The van der Waals surface area contributed by atoms with Gasteiger partial charge in [-0.2, -0.15) is 8.78 Å². The number of halogens is 4. The third-order valence-corrected chi connectivity index (χ3v) is 10.5. The van der Waals surface area contributed by atoms with E-state index >= 15 is 0 Å². The van der Waals surface area contributed by atoms with Crippen LogP contribution in [0.25, 0.3) is 0 Å². The maximum absolute atomic E-state index is 13.9. The molecule has 15 heteroatoms. The number of ether oxygens (including phenoxy) is 4. The molecule has 2 aliphatic heterocycles. The van der Waals surface area contributed by atoms with Crippen LogP contribution in [0.5, 0.6) is 17.2 Å². The number of nitrogens with one attached hydrogen (secondary N) is 1. The molecule has 2 aromatic rings. The number of carbonyl (C=O) groups excluding carboxylic acids is 1.